The van der Waals surface area contributed by atoms with Gasteiger partial charge in [-0.2, -0.15) is 0 Å². The fraction of sp³-hybridized carbons (Fsp3) is 0.688. The average molecular weight is 370 g/mol. The van der Waals surface area contributed by atoms with Crippen molar-refractivity contribution in [2.75, 3.05) is 25.9 Å². The molecule has 0 radical (unpaired) electrons. The summed E-state index contributed by atoms with van der Waals surface area (Å²) in [5.41, 5.74) is 6.10. The molecular formula is C16H26N4O4S. The van der Waals surface area contributed by atoms with E-state index in [0.29, 0.717) is 24.4 Å². The second-order valence-corrected chi connectivity index (χ2v) is 7.92. The molecule has 0 aliphatic carbocycles. The molecular weight excluding hydrogens is 344 g/mol. The van der Waals surface area contributed by atoms with Crippen LogP contribution in [-0.2, 0) is 9.59 Å². The molecule has 4 atom stereocenters. The third-order valence-corrected chi connectivity index (χ3v) is 5.71. The number of nitrogens with two attached hydrogens (primary N) is 1. The maximum Gasteiger partial charge on any atom is 0.352 e. The molecule has 0 aromatic heterocycles. The van der Waals surface area contributed by atoms with E-state index in [0.717, 1.165) is 0 Å². The van der Waals surface area contributed by atoms with E-state index >= 15 is 0 Å². The molecule has 2 rings (SSSR count). The van der Waals surface area contributed by atoms with Gasteiger partial charge in [-0.25, -0.2) is 4.79 Å². The van der Waals surface area contributed by atoms with Gasteiger partial charge in [0.2, 0.25) is 5.91 Å². The molecule has 0 aromatic rings. The number of rotatable bonds is 7. The van der Waals surface area contributed by atoms with E-state index in [-0.39, 0.29) is 41.1 Å². The summed E-state index contributed by atoms with van der Waals surface area (Å²) in [6, 6.07) is -0.298. The maximum absolute atomic E-state index is 12.4. The van der Waals surface area contributed by atoms with Crippen molar-refractivity contribution in [1.82, 2.24) is 9.80 Å². The Labute approximate surface area is 151 Å². The molecule has 1 amide bonds. The minimum atomic E-state index is -1.10. The van der Waals surface area contributed by atoms with Crippen LogP contribution in [0.15, 0.2) is 11.3 Å². The standard InChI is InChI=1S/C16H26N4O4S/c1-8-11(7-19(3)4-5-25-16(17)18)14(15(23)24)20-12(22)6-10(9(2)21)13(8)20/h8-10,13,21H,4-7H2,1-3H3,(H3,17,18)(H,23,24)/t8-,9+,10-,13+/m0/s1. The highest BCUT2D eigenvalue weighted by molar-refractivity contribution is 8.13. The Morgan fingerprint density at radius 3 is 2.72 bits per heavy atom. The molecule has 0 unspecified atom stereocenters. The number of nitrogens with one attached hydrogen (secondary N) is 1. The van der Waals surface area contributed by atoms with E-state index < -0.39 is 12.1 Å². The lowest BCUT2D eigenvalue weighted by atomic mass is 9.84. The first-order valence-electron chi connectivity index (χ1n) is 8.27. The zero-order chi connectivity index (χ0) is 18.9. The Morgan fingerprint density at radius 2 is 2.20 bits per heavy atom. The van der Waals surface area contributed by atoms with Gasteiger partial charge in [0.1, 0.15) is 5.70 Å². The van der Waals surface area contributed by atoms with Gasteiger partial charge >= 0.3 is 5.97 Å². The highest BCUT2D eigenvalue weighted by atomic mass is 32.2. The van der Waals surface area contributed by atoms with Gasteiger partial charge in [0, 0.05) is 43.1 Å². The van der Waals surface area contributed by atoms with Crippen molar-refractivity contribution in [2.45, 2.75) is 32.4 Å². The second-order valence-electron chi connectivity index (χ2n) is 6.78. The van der Waals surface area contributed by atoms with E-state index in [9.17, 15) is 19.8 Å². The smallest absolute Gasteiger partial charge is 0.352 e. The zero-order valence-corrected chi connectivity index (χ0v) is 15.5. The number of carbonyl (C=O) groups is 2. The largest absolute Gasteiger partial charge is 0.477 e. The molecule has 0 spiro atoms. The normalized spacial score (nSPS) is 27.2. The summed E-state index contributed by atoms with van der Waals surface area (Å²) in [6.45, 7) is 4.65. The third-order valence-electron chi connectivity index (χ3n) is 5.02. The van der Waals surface area contributed by atoms with Crippen LogP contribution >= 0.6 is 11.8 Å². The SMILES string of the molecule is C[C@@H](O)[C@@H]1CC(=O)N2C(C(=O)O)=C(CN(C)CCSC(=N)N)[C@H](C)[C@H]12. The number of likely N-dealkylation sites (N-methyl/N-ethyl adjacent to an activating group) is 1. The molecule has 5 N–H and O–H groups in total. The number of aliphatic carboxylic acids is 1. The number of hydrogen-bond acceptors (Lipinski definition) is 6. The van der Waals surface area contributed by atoms with Crippen LogP contribution in [0.2, 0.25) is 0 Å². The van der Waals surface area contributed by atoms with Crippen molar-refractivity contribution >= 4 is 28.8 Å². The number of amidine groups is 1. The van der Waals surface area contributed by atoms with Gasteiger partial charge < -0.3 is 25.7 Å². The summed E-state index contributed by atoms with van der Waals surface area (Å²) in [6.07, 6.45) is -0.484. The summed E-state index contributed by atoms with van der Waals surface area (Å²) < 4.78 is 0. The average Bonchev–Trinajstić information content (AvgIpc) is 2.96. The van der Waals surface area contributed by atoms with Gasteiger partial charge in [0.15, 0.2) is 5.17 Å². The van der Waals surface area contributed by atoms with Crippen molar-refractivity contribution in [1.29, 1.82) is 5.41 Å². The van der Waals surface area contributed by atoms with Crippen LogP contribution in [0, 0.1) is 17.2 Å². The summed E-state index contributed by atoms with van der Waals surface area (Å²) in [5.74, 6) is -1.08. The predicted octanol–water partition coefficient (Wildman–Crippen LogP) is 0.131. The van der Waals surface area contributed by atoms with Crippen LogP contribution in [0.5, 0.6) is 0 Å². The Hall–Kier alpha value is -1.58. The van der Waals surface area contributed by atoms with Gasteiger partial charge in [0.05, 0.1) is 6.10 Å². The first kappa shape index (κ1) is 19.7. The Morgan fingerprint density at radius 1 is 1.56 bits per heavy atom. The molecule has 140 valence electrons. The van der Waals surface area contributed by atoms with Gasteiger partial charge in [-0.3, -0.25) is 10.2 Å². The second kappa shape index (κ2) is 7.76. The van der Waals surface area contributed by atoms with Crippen molar-refractivity contribution in [2.24, 2.45) is 17.6 Å². The van der Waals surface area contributed by atoms with E-state index in [2.05, 4.69) is 0 Å². The Balaban J connectivity index is 2.21. The molecule has 25 heavy (non-hydrogen) atoms. The third kappa shape index (κ3) is 3.99. The van der Waals surface area contributed by atoms with Crippen LogP contribution < -0.4 is 5.73 Å². The fourth-order valence-corrected chi connectivity index (χ4v) is 4.44. The molecule has 1 fully saturated rings. The molecule has 2 aliphatic rings. The lowest BCUT2D eigenvalue weighted by molar-refractivity contribution is -0.138. The van der Waals surface area contributed by atoms with Gasteiger partial charge in [0.25, 0.3) is 0 Å². The Kier molecular flexibility index (Phi) is 6.12. The maximum atomic E-state index is 12.4. The van der Waals surface area contributed by atoms with Crippen molar-refractivity contribution in [3.8, 4) is 0 Å². The summed E-state index contributed by atoms with van der Waals surface area (Å²) in [7, 11) is 1.87. The zero-order valence-electron chi connectivity index (χ0n) is 14.7. The topological polar surface area (TPSA) is 131 Å². The predicted molar refractivity (Wildman–Crippen MR) is 96.1 cm³/mol. The number of nitrogens with zero attached hydrogens (tertiary/aromatic N) is 2. The van der Waals surface area contributed by atoms with Gasteiger partial charge in [-0.05, 0) is 19.5 Å². The number of carbonyl (C=O) groups excluding carboxylic acids is 1. The van der Waals surface area contributed by atoms with Crippen LogP contribution in [0.25, 0.3) is 0 Å². The number of carboxylic acids is 1. The van der Waals surface area contributed by atoms with Crippen LogP contribution in [0.1, 0.15) is 20.3 Å². The number of fused-ring (bicyclic) bond motifs is 1. The molecule has 2 aliphatic heterocycles. The molecule has 9 heteroatoms. The number of aliphatic hydroxyl groups is 1. The number of thioether (sulfide) groups is 1. The quantitative estimate of drug-likeness (QED) is 0.370. The molecule has 1 saturated heterocycles. The number of carboxylic acid groups (broad SMARTS) is 1. The minimum absolute atomic E-state index is 0.0547. The summed E-state index contributed by atoms with van der Waals surface area (Å²) in [5, 5.41) is 27.0. The van der Waals surface area contributed by atoms with Crippen molar-refractivity contribution in [3.05, 3.63) is 11.3 Å². The molecule has 2 heterocycles. The van der Waals surface area contributed by atoms with Crippen molar-refractivity contribution in [3.63, 3.8) is 0 Å². The molecule has 8 nitrogen and oxygen atoms in total. The van der Waals surface area contributed by atoms with Gasteiger partial charge in [-0.15, -0.1) is 0 Å². The molecule has 0 aromatic carbocycles. The monoisotopic (exact) mass is 370 g/mol. The summed E-state index contributed by atoms with van der Waals surface area (Å²) in [4.78, 5) is 27.6. The highest BCUT2D eigenvalue weighted by Crippen LogP contribution is 2.45. The number of amides is 1. The van der Waals surface area contributed by atoms with Crippen LogP contribution in [0.4, 0.5) is 0 Å². The Bertz CT molecular complexity index is 607. The highest BCUT2D eigenvalue weighted by Gasteiger charge is 2.53. The van der Waals surface area contributed by atoms with Crippen molar-refractivity contribution < 1.29 is 19.8 Å². The lowest BCUT2D eigenvalue weighted by Gasteiger charge is -2.27. The number of hydrogen-bond donors (Lipinski definition) is 4. The van der Waals surface area contributed by atoms with Crippen LogP contribution in [0.3, 0.4) is 0 Å². The number of aliphatic hydroxyl groups excluding tert-OH is 1. The van der Waals surface area contributed by atoms with E-state index in [1.165, 1.54) is 16.7 Å². The molecule has 0 saturated carbocycles. The van der Waals surface area contributed by atoms with Crippen LogP contribution in [-0.4, -0.2) is 75.1 Å². The fourth-order valence-electron chi connectivity index (χ4n) is 3.82. The van der Waals surface area contributed by atoms with Gasteiger partial charge in [-0.1, -0.05) is 18.7 Å². The van der Waals surface area contributed by atoms with E-state index in [4.69, 9.17) is 11.1 Å². The minimum Gasteiger partial charge on any atom is -0.477 e. The van der Waals surface area contributed by atoms with E-state index in [1.54, 1.807) is 6.92 Å². The summed E-state index contributed by atoms with van der Waals surface area (Å²) >= 11 is 1.24. The lowest BCUT2D eigenvalue weighted by Crippen LogP contribution is -2.38. The molecule has 0 bridgehead atoms. The first-order valence-corrected chi connectivity index (χ1v) is 9.25. The van der Waals surface area contributed by atoms with E-state index in [1.807, 2.05) is 18.9 Å². The first-order chi connectivity index (χ1) is 11.6.